The lowest BCUT2D eigenvalue weighted by Gasteiger charge is -2.24. The first-order valence-electron chi connectivity index (χ1n) is 6.67. The summed E-state index contributed by atoms with van der Waals surface area (Å²) >= 11 is 3.58. The summed E-state index contributed by atoms with van der Waals surface area (Å²) in [7, 11) is 0. The van der Waals surface area contributed by atoms with Crippen molar-refractivity contribution in [2.24, 2.45) is 5.73 Å². The van der Waals surface area contributed by atoms with Crippen molar-refractivity contribution >= 4 is 27.3 Å². The van der Waals surface area contributed by atoms with E-state index in [1.54, 1.807) is 12.1 Å². The van der Waals surface area contributed by atoms with E-state index in [0.29, 0.717) is 6.54 Å². The van der Waals surface area contributed by atoms with E-state index >= 15 is 0 Å². The Balaban J connectivity index is 2.35. The summed E-state index contributed by atoms with van der Waals surface area (Å²) in [5.41, 5.74) is 8.66. The Hall–Kier alpha value is -1.39. The lowest BCUT2D eigenvalue weighted by Crippen LogP contribution is -2.16. The highest BCUT2D eigenvalue weighted by atomic mass is 79.9. The zero-order chi connectivity index (χ0) is 14.5. The predicted molar refractivity (Wildman–Crippen MR) is 86.0 cm³/mol. The third-order valence-corrected chi connectivity index (χ3v) is 3.94. The molecule has 0 aliphatic rings. The van der Waals surface area contributed by atoms with Gasteiger partial charge in [0.25, 0.3) is 0 Å². The predicted octanol–water partition coefficient (Wildman–Crippen LogP) is 4.25. The summed E-state index contributed by atoms with van der Waals surface area (Å²) in [4.78, 5) is 2.07. The van der Waals surface area contributed by atoms with E-state index in [9.17, 15) is 4.39 Å². The van der Waals surface area contributed by atoms with Gasteiger partial charge in [-0.2, -0.15) is 0 Å². The van der Waals surface area contributed by atoms with E-state index in [-0.39, 0.29) is 5.82 Å². The van der Waals surface area contributed by atoms with Crippen molar-refractivity contribution in [3.05, 3.63) is 58.3 Å². The Kier molecular flexibility index (Phi) is 5.15. The molecule has 0 amide bonds. The van der Waals surface area contributed by atoms with E-state index in [4.69, 9.17) is 5.73 Å². The summed E-state index contributed by atoms with van der Waals surface area (Å²) in [6.07, 6.45) is 0.840. The Morgan fingerprint density at radius 3 is 2.50 bits per heavy atom. The van der Waals surface area contributed by atoms with Crippen LogP contribution in [0.4, 0.5) is 15.8 Å². The highest BCUT2D eigenvalue weighted by Gasteiger charge is 2.10. The van der Waals surface area contributed by atoms with Crippen LogP contribution in [0.5, 0.6) is 0 Å². The van der Waals surface area contributed by atoms with Gasteiger partial charge < -0.3 is 10.6 Å². The van der Waals surface area contributed by atoms with Gasteiger partial charge in [-0.25, -0.2) is 4.39 Å². The molecule has 0 fully saturated rings. The van der Waals surface area contributed by atoms with Crippen molar-refractivity contribution in [2.45, 2.75) is 13.3 Å². The molecule has 2 N–H and O–H groups in total. The number of hydrogen-bond donors (Lipinski definition) is 1. The van der Waals surface area contributed by atoms with Gasteiger partial charge in [0.05, 0.1) is 0 Å². The van der Waals surface area contributed by atoms with Crippen LogP contribution in [0.1, 0.15) is 12.5 Å². The molecule has 2 nitrogen and oxygen atoms in total. The molecule has 106 valence electrons. The van der Waals surface area contributed by atoms with E-state index in [1.165, 1.54) is 11.6 Å². The van der Waals surface area contributed by atoms with Crippen molar-refractivity contribution in [1.82, 2.24) is 0 Å². The average Bonchev–Trinajstić information content (AvgIpc) is 2.43. The first-order valence-corrected chi connectivity index (χ1v) is 7.46. The second kappa shape index (κ2) is 6.86. The van der Waals surface area contributed by atoms with Crippen LogP contribution in [0, 0.1) is 5.82 Å². The van der Waals surface area contributed by atoms with E-state index in [2.05, 4.69) is 33.0 Å². The van der Waals surface area contributed by atoms with Crippen LogP contribution < -0.4 is 10.6 Å². The molecular formula is C16H18BrFN2. The molecule has 0 atom stereocenters. The van der Waals surface area contributed by atoms with Gasteiger partial charge >= 0.3 is 0 Å². The van der Waals surface area contributed by atoms with E-state index in [1.807, 2.05) is 19.1 Å². The maximum atomic E-state index is 13.4. The molecular weight excluding hydrogens is 319 g/mol. The normalized spacial score (nSPS) is 10.6. The summed E-state index contributed by atoms with van der Waals surface area (Å²) < 4.78 is 14.4. The van der Waals surface area contributed by atoms with Crippen molar-refractivity contribution in [3.8, 4) is 0 Å². The molecule has 2 rings (SSSR count). The first-order chi connectivity index (χ1) is 9.65. The van der Waals surface area contributed by atoms with Gasteiger partial charge in [0.1, 0.15) is 5.82 Å². The van der Waals surface area contributed by atoms with Gasteiger partial charge in [0.15, 0.2) is 0 Å². The molecule has 0 spiro atoms. The molecule has 0 heterocycles. The van der Waals surface area contributed by atoms with Gasteiger partial charge in [0.2, 0.25) is 0 Å². The fourth-order valence-electron chi connectivity index (χ4n) is 2.22. The van der Waals surface area contributed by atoms with Gasteiger partial charge in [-0.1, -0.05) is 28.1 Å². The minimum atomic E-state index is -0.222. The molecule has 20 heavy (non-hydrogen) atoms. The number of benzene rings is 2. The Morgan fingerprint density at radius 1 is 1.15 bits per heavy atom. The van der Waals surface area contributed by atoms with Crippen LogP contribution in [0.3, 0.4) is 0 Å². The Bertz CT molecular complexity index is 586. The summed E-state index contributed by atoms with van der Waals surface area (Å²) in [6, 6.07) is 12.8. The smallest absolute Gasteiger partial charge is 0.125 e. The fraction of sp³-hybridized carbons (Fsp3) is 0.250. The Morgan fingerprint density at radius 2 is 1.90 bits per heavy atom. The summed E-state index contributed by atoms with van der Waals surface area (Å²) in [5.74, 6) is -0.222. The van der Waals surface area contributed by atoms with Crippen molar-refractivity contribution in [3.63, 3.8) is 0 Å². The molecule has 0 aromatic heterocycles. The molecule has 2 aromatic rings. The minimum Gasteiger partial charge on any atom is -0.342 e. The molecule has 0 saturated heterocycles. The number of hydrogen-bond acceptors (Lipinski definition) is 2. The van der Waals surface area contributed by atoms with Crippen LogP contribution in [0.25, 0.3) is 0 Å². The maximum absolute atomic E-state index is 13.4. The lowest BCUT2D eigenvalue weighted by molar-refractivity contribution is 0.627. The second-order valence-electron chi connectivity index (χ2n) is 4.54. The topological polar surface area (TPSA) is 29.3 Å². The minimum absolute atomic E-state index is 0.222. The van der Waals surface area contributed by atoms with Crippen molar-refractivity contribution in [2.75, 3.05) is 18.0 Å². The average molecular weight is 337 g/mol. The molecule has 0 bridgehead atoms. The zero-order valence-corrected chi connectivity index (χ0v) is 13.0. The van der Waals surface area contributed by atoms with Crippen LogP contribution in [0.2, 0.25) is 0 Å². The molecule has 0 unspecified atom stereocenters. The van der Waals surface area contributed by atoms with Crippen LogP contribution in [-0.2, 0) is 6.42 Å². The van der Waals surface area contributed by atoms with Crippen LogP contribution in [0.15, 0.2) is 46.9 Å². The third kappa shape index (κ3) is 3.38. The first kappa shape index (κ1) is 15.0. The van der Waals surface area contributed by atoms with E-state index < -0.39 is 0 Å². The number of nitrogens with zero attached hydrogens (tertiary/aromatic N) is 1. The highest BCUT2D eigenvalue weighted by molar-refractivity contribution is 9.10. The summed E-state index contributed by atoms with van der Waals surface area (Å²) in [5, 5.41) is 0. The monoisotopic (exact) mass is 336 g/mol. The molecule has 4 heteroatoms. The number of nitrogens with two attached hydrogens (primary N) is 1. The molecule has 0 aliphatic carbocycles. The number of anilines is 2. The van der Waals surface area contributed by atoms with Gasteiger partial charge in [-0.15, -0.1) is 0 Å². The largest absolute Gasteiger partial charge is 0.342 e. The lowest BCUT2D eigenvalue weighted by atomic mass is 10.1. The van der Waals surface area contributed by atoms with Crippen LogP contribution >= 0.6 is 15.9 Å². The number of halogens is 2. The van der Waals surface area contributed by atoms with Gasteiger partial charge in [0, 0.05) is 22.4 Å². The second-order valence-corrected chi connectivity index (χ2v) is 5.39. The van der Waals surface area contributed by atoms with Gasteiger partial charge in [-0.05, 0) is 55.8 Å². The van der Waals surface area contributed by atoms with Crippen LogP contribution in [-0.4, -0.2) is 13.1 Å². The van der Waals surface area contributed by atoms with Crippen molar-refractivity contribution in [1.29, 1.82) is 0 Å². The molecule has 2 aromatic carbocycles. The van der Waals surface area contributed by atoms with E-state index in [0.717, 1.165) is 28.8 Å². The third-order valence-electron chi connectivity index (χ3n) is 3.20. The molecule has 0 radical (unpaired) electrons. The SMILES string of the molecule is CCN(c1cccc(F)c1)c1ccc(CCN)c(Br)c1. The molecule has 0 aliphatic heterocycles. The van der Waals surface area contributed by atoms with Crippen molar-refractivity contribution < 1.29 is 4.39 Å². The van der Waals surface area contributed by atoms with Gasteiger partial charge in [-0.3, -0.25) is 0 Å². The Labute approximate surface area is 127 Å². The fourth-order valence-corrected chi connectivity index (χ4v) is 2.79. The maximum Gasteiger partial charge on any atom is 0.125 e. The highest BCUT2D eigenvalue weighted by Crippen LogP contribution is 2.29. The standard InChI is InChI=1S/C16H18BrFN2/c1-2-20(14-5-3-4-13(18)10-14)15-7-6-12(8-9-19)16(17)11-15/h3-7,10-11H,2,8-9,19H2,1H3. The summed E-state index contributed by atoms with van der Waals surface area (Å²) in [6.45, 7) is 3.44. The zero-order valence-electron chi connectivity index (χ0n) is 11.4. The quantitative estimate of drug-likeness (QED) is 0.884. The number of rotatable bonds is 5. The molecule has 0 saturated carbocycles.